The fourth-order valence-electron chi connectivity index (χ4n) is 1.29. The summed E-state index contributed by atoms with van der Waals surface area (Å²) in [5, 5.41) is 2.91. The van der Waals surface area contributed by atoms with Gasteiger partial charge in [0.1, 0.15) is 0 Å². The van der Waals surface area contributed by atoms with Crippen LogP contribution in [0.25, 0.3) is 0 Å². The lowest BCUT2D eigenvalue weighted by Crippen LogP contribution is -2.21. The van der Waals surface area contributed by atoms with E-state index in [9.17, 15) is 4.79 Å². The third-order valence-corrected chi connectivity index (χ3v) is 6.34. The summed E-state index contributed by atoms with van der Waals surface area (Å²) in [5.74, 6) is -0.0348. The first-order valence-corrected chi connectivity index (χ1v) is 8.06. The molecule has 0 saturated carbocycles. The van der Waals surface area contributed by atoms with Gasteiger partial charge in [-0.15, -0.1) is 22.7 Å². The van der Waals surface area contributed by atoms with Crippen molar-refractivity contribution >= 4 is 60.4 Å². The van der Waals surface area contributed by atoms with Gasteiger partial charge in [-0.3, -0.25) is 4.79 Å². The van der Waals surface area contributed by atoms with Crippen molar-refractivity contribution in [1.82, 2.24) is 5.32 Å². The zero-order valence-electron chi connectivity index (χ0n) is 8.92. The molecule has 0 fully saturated rings. The summed E-state index contributed by atoms with van der Waals surface area (Å²) in [6.07, 6.45) is 0. The molecular weight excluding hydrogens is 386 g/mol. The van der Waals surface area contributed by atoms with Crippen molar-refractivity contribution in [3.8, 4) is 0 Å². The number of carbonyl (C=O) groups excluding carboxylic acids is 1. The van der Waals surface area contributed by atoms with Gasteiger partial charge < -0.3 is 5.32 Å². The lowest BCUT2D eigenvalue weighted by molar-refractivity contribution is 0.0955. The third kappa shape index (κ3) is 3.40. The molecule has 0 aliphatic rings. The van der Waals surface area contributed by atoms with E-state index in [1.54, 1.807) is 11.3 Å². The Hall–Kier alpha value is -0.170. The Balaban J connectivity index is 1.98. The highest BCUT2D eigenvalue weighted by molar-refractivity contribution is 9.13. The van der Waals surface area contributed by atoms with Crippen molar-refractivity contribution in [2.24, 2.45) is 0 Å². The van der Waals surface area contributed by atoms with Gasteiger partial charge in [-0.1, -0.05) is 0 Å². The first kappa shape index (κ1) is 13.3. The van der Waals surface area contributed by atoms with Crippen molar-refractivity contribution in [1.29, 1.82) is 0 Å². The molecule has 0 unspecified atom stereocenters. The average Bonchev–Trinajstić information content (AvgIpc) is 2.83. The van der Waals surface area contributed by atoms with Crippen molar-refractivity contribution in [2.45, 2.75) is 13.5 Å². The lowest BCUT2D eigenvalue weighted by atomic mass is 10.4. The Labute approximate surface area is 124 Å². The first-order chi connectivity index (χ1) is 8.06. The van der Waals surface area contributed by atoms with Gasteiger partial charge in [0.25, 0.3) is 5.91 Å². The molecule has 0 aliphatic carbocycles. The second-order valence-corrected chi connectivity index (χ2v) is 8.02. The number of hydrogen-bond acceptors (Lipinski definition) is 3. The second kappa shape index (κ2) is 5.65. The molecule has 0 saturated heterocycles. The summed E-state index contributed by atoms with van der Waals surface area (Å²) in [7, 11) is 0. The number of thiophene rings is 2. The average molecular weight is 395 g/mol. The van der Waals surface area contributed by atoms with Gasteiger partial charge in [-0.2, -0.15) is 0 Å². The molecule has 2 aromatic rings. The molecule has 0 spiro atoms. The Morgan fingerprint density at radius 2 is 2.12 bits per heavy atom. The summed E-state index contributed by atoms with van der Waals surface area (Å²) in [5.41, 5.74) is 0. The fourth-order valence-corrected chi connectivity index (χ4v) is 4.08. The number of halogens is 2. The van der Waals surface area contributed by atoms with Gasteiger partial charge in [0.2, 0.25) is 0 Å². The number of aryl methyl sites for hydroxylation is 1. The van der Waals surface area contributed by atoms with Gasteiger partial charge in [-0.25, -0.2) is 0 Å². The molecule has 0 aliphatic heterocycles. The maximum atomic E-state index is 11.9. The zero-order chi connectivity index (χ0) is 12.4. The molecule has 0 aromatic carbocycles. The van der Waals surface area contributed by atoms with Crippen LogP contribution in [0.2, 0.25) is 0 Å². The van der Waals surface area contributed by atoms with Crippen LogP contribution >= 0.6 is 54.5 Å². The van der Waals surface area contributed by atoms with Crippen LogP contribution in [0.1, 0.15) is 19.4 Å². The Bertz CT molecular complexity index is 528. The van der Waals surface area contributed by atoms with E-state index >= 15 is 0 Å². The fraction of sp³-hybridized carbons (Fsp3) is 0.182. The van der Waals surface area contributed by atoms with E-state index in [0.717, 1.165) is 8.26 Å². The van der Waals surface area contributed by atoms with Gasteiger partial charge in [0.15, 0.2) is 0 Å². The maximum absolute atomic E-state index is 11.9. The highest BCUT2D eigenvalue weighted by atomic mass is 79.9. The van der Waals surface area contributed by atoms with E-state index in [4.69, 9.17) is 0 Å². The largest absolute Gasteiger partial charge is 0.346 e. The molecule has 2 rings (SSSR count). The summed E-state index contributed by atoms with van der Waals surface area (Å²) < 4.78 is 1.86. The van der Waals surface area contributed by atoms with E-state index in [-0.39, 0.29) is 5.91 Å². The predicted octanol–water partition coefficient (Wildman–Crippen LogP) is 4.57. The van der Waals surface area contributed by atoms with Gasteiger partial charge in [-0.05, 0) is 57.0 Å². The minimum Gasteiger partial charge on any atom is -0.346 e. The maximum Gasteiger partial charge on any atom is 0.261 e. The van der Waals surface area contributed by atoms with Gasteiger partial charge in [0.05, 0.1) is 15.2 Å². The number of hydrogen-bond donors (Lipinski definition) is 1. The SMILES string of the molecule is Cc1ccc(CNC(=O)c2cc(Br)c(Br)s2)s1. The van der Waals surface area contributed by atoms with E-state index in [2.05, 4.69) is 50.2 Å². The van der Waals surface area contributed by atoms with E-state index in [1.807, 2.05) is 12.1 Å². The van der Waals surface area contributed by atoms with Crippen molar-refractivity contribution in [3.63, 3.8) is 0 Å². The molecule has 0 bridgehead atoms. The minimum absolute atomic E-state index is 0.0348. The van der Waals surface area contributed by atoms with E-state index in [1.165, 1.54) is 21.1 Å². The summed E-state index contributed by atoms with van der Waals surface area (Å²) in [6, 6.07) is 5.93. The van der Waals surface area contributed by atoms with Crippen LogP contribution in [0.15, 0.2) is 26.5 Å². The molecule has 17 heavy (non-hydrogen) atoms. The molecule has 2 nitrogen and oxygen atoms in total. The molecule has 1 N–H and O–H groups in total. The van der Waals surface area contributed by atoms with Gasteiger partial charge in [0, 0.05) is 14.2 Å². The van der Waals surface area contributed by atoms with Crippen LogP contribution in [0.5, 0.6) is 0 Å². The third-order valence-electron chi connectivity index (χ3n) is 2.09. The van der Waals surface area contributed by atoms with Crippen LogP contribution < -0.4 is 5.32 Å². The molecule has 90 valence electrons. The van der Waals surface area contributed by atoms with Gasteiger partial charge >= 0.3 is 0 Å². The Morgan fingerprint density at radius 3 is 2.65 bits per heavy atom. The number of rotatable bonds is 3. The smallest absolute Gasteiger partial charge is 0.261 e. The highest BCUT2D eigenvalue weighted by Crippen LogP contribution is 2.32. The lowest BCUT2D eigenvalue weighted by Gasteiger charge is -2.00. The second-order valence-electron chi connectivity index (χ2n) is 3.43. The zero-order valence-corrected chi connectivity index (χ0v) is 13.7. The van der Waals surface area contributed by atoms with Crippen LogP contribution in [-0.2, 0) is 6.54 Å². The quantitative estimate of drug-likeness (QED) is 0.811. The van der Waals surface area contributed by atoms with Crippen LogP contribution in [0.4, 0.5) is 0 Å². The topological polar surface area (TPSA) is 29.1 Å². The highest BCUT2D eigenvalue weighted by Gasteiger charge is 2.11. The molecule has 0 atom stereocenters. The Kier molecular flexibility index (Phi) is 4.41. The normalized spacial score (nSPS) is 10.5. The van der Waals surface area contributed by atoms with Crippen LogP contribution in [0.3, 0.4) is 0 Å². The molecule has 6 heteroatoms. The number of carbonyl (C=O) groups is 1. The van der Waals surface area contributed by atoms with Crippen molar-refractivity contribution in [2.75, 3.05) is 0 Å². The predicted molar refractivity (Wildman–Crippen MR) is 79.9 cm³/mol. The standard InChI is InChI=1S/C11H9Br2NOS2/c1-6-2-3-7(16-6)5-14-11(15)9-4-8(12)10(13)17-9/h2-4H,5H2,1H3,(H,14,15). The van der Waals surface area contributed by atoms with Crippen molar-refractivity contribution < 1.29 is 4.79 Å². The summed E-state index contributed by atoms with van der Waals surface area (Å²) >= 11 is 9.87. The summed E-state index contributed by atoms with van der Waals surface area (Å²) in [4.78, 5) is 15.0. The van der Waals surface area contributed by atoms with E-state index < -0.39 is 0 Å². The van der Waals surface area contributed by atoms with Crippen LogP contribution in [0, 0.1) is 6.92 Å². The minimum atomic E-state index is -0.0348. The molecule has 2 heterocycles. The molecule has 0 radical (unpaired) electrons. The molecule has 2 aromatic heterocycles. The van der Waals surface area contributed by atoms with E-state index in [0.29, 0.717) is 11.4 Å². The van der Waals surface area contributed by atoms with Crippen LogP contribution in [-0.4, -0.2) is 5.91 Å². The molecular formula is C11H9Br2NOS2. The molecule has 1 amide bonds. The summed E-state index contributed by atoms with van der Waals surface area (Å²) in [6.45, 7) is 2.65. The number of nitrogens with one attached hydrogen (secondary N) is 1. The monoisotopic (exact) mass is 393 g/mol. The first-order valence-electron chi connectivity index (χ1n) is 4.84. The Morgan fingerprint density at radius 1 is 1.35 bits per heavy atom. The number of amides is 1. The van der Waals surface area contributed by atoms with Crippen molar-refractivity contribution in [3.05, 3.63) is 41.1 Å².